The molecule has 1 aromatic carbocycles. The van der Waals surface area contributed by atoms with Crippen molar-refractivity contribution in [2.75, 3.05) is 6.54 Å². The van der Waals surface area contributed by atoms with E-state index in [1.54, 1.807) is 11.1 Å². The number of carbonyl (C=O) groups excluding carboxylic acids is 2. The summed E-state index contributed by atoms with van der Waals surface area (Å²) in [7, 11) is 0. The molecule has 0 saturated heterocycles. The second kappa shape index (κ2) is 8.55. The number of hydrogen-bond donors (Lipinski definition) is 1. The number of amides is 2. The van der Waals surface area contributed by atoms with Gasteiger partial charge in [-0.25, -0.2) is 4.98 Å². The molecule has 2 heterocycles. The number of carbonyl (C=O) groups is 2. The van der Waals surface area contributed by atoms with Gasteiger partial charge >= 0.3 is 0 Å². The molecule has 3 aromatic rings. The number of benzene rings is 1. The normalized spacial score (nSPS) is 10.6. The topological polar surface area (TPSA) is 89.2 Å². The van der Waals surface area contributed by atoms with Crippen LogP contribution in [0.3, 0.4) is 0 Å². The highest BCUT2D eigenvalue weighted by Gasteiger charge is 2.23. The number of rotatable bonds is 7. The largest absolute Gasteiger partial charge is 0.370 e. The average Bonchev–Trinajstić information content (AvgIpc) is 3.07. The van der Waals surface area contributed by atoms with Crippen LogP contribution in [0.25, 0.3) is 10.7 Å². The molecule has 7 heteroatoms. The number of thiazole rings is 1. The molecule has 0 radical (unpaired) electrons. The highest BCUT2D eigenvalue weighted by Crippen LogP contribution is 2.28. The Kier molecular flexibility index (Phi) is 5.93. The molecule has 0 bridgehead atoms. The molecule has 0 aliphatic rings. The predicted octanol–water partition coefficient (Wildman–Crippen LogP) is 3.03. The van der Waals surface area contributed by atoms with E-state index in [0.29, 0.717) is 22.1 Å². The second-order valence-corrected chi connectivity index (χ2v) is 7.08. The first-order valence-corrected chi connectivity index (χ1v) is 9.36. The van der Waals surface area contributed by atoms with E-state index in [-0.39, 0.29) is 18.9 Å². The molecule has 0 atom stereocenters. The monoisotopic (exact) mass is 380 g/mol. The lowest BCUT2D eigenvalue weighted by atomic mass is 10.2. The number of nitrogens with zero attached hydrogens (tertiary/aromatic N) is 3. The molecule has 0 saturated carbocycles. The predicted molar refractivity (Wildman–Crippen MR) is 105 cm³/mol. The summed E-state index contributed by atoms with van der Waals surface area (Å²) in [5, 5.41) is 0.700. The first kappa shape index (κ1) is 18.7. The van der Waals surface area contributed by atoms with Gasteiger partial charge in [-0.1, -0.05) is 36.4 Å². The third-order valence-electron chi connectivity index (χ3n) is 4.01. The number of hydrogen-bond acceptors (Lipinski definition) is 5. The molecule has 3 rings (SSSR count). The Labute approximate surface area is 161 Å². The Bertz CT molecular complexity index is 926. The molecule has 2 N–H and O–H groups in total. The quantitative estimate of drug-likeness (QED) is 0.682. The van der Waals surface area contributed by atoms with Crippen LogP contribution in [0, 0.1) is 6.92 Å². The van der Waals surface area contributed by atoms with Crippen LogP contribution in [0.4, 0.5) is 0 Å². The fraction of sp³-hybridized carbons (Fsp3) is 0.200. The summed E-state index contributed by atoms with van der Waals surface area (Å²) in [6.07, 6.45) is 1.81. The third kappa shape index (κ3) is 4.77. The number of nitrogens with two attached hydrogens (primary N) is 1. The van der Waals surface area contributed by atoms with Gasteiger partial charge in [-0.15, -0.1) is 11.3 Å². The van der Waals surface area contributed by atoms with Crippen molar-refractivity contribution in [3.05, 3.63) is 70.9 Å². The molecule has 0 unspecified atom stereocenters. The van der Waals surface area contributed by atoms with E-state index in [2.05, 4.69) is 9.97 Å². The van der Waals surface area contributed by atoms with Crippen LogP contribution in [-0.4, -0.2) is 33.2 Å². The van der Waals surface area contributed by atoms with Crippen molar-refractivity contribution in [1.29, 1.82) is 0 Å². The van der Waals surface area contributed by atoms with Crippen molar-refractivity contribution in [3.8, 4) is 10.7 Å². The first-order chi connectivity index (χ1) is 13.0. The van der Waals surface area contributed by atoms with Gasteiger partial charge in [0.15, 0.2) is 0 Å². The molecule has 2 amide bonds. The van der Waals surface area contributed by atoms with E-state index in [9.17, 15) is 9.59 Å². The van der Waals surface area contributed by atoms with Crippen molar-refractivity contribution in [2.45, 2.75) is 19.9 Å². The number of aromatic nitrogens is 2. The zero-order chi connectivity index (χ0) is 19.2. The van der Waals surface area contributed by atoms with Crippen LogP contribution >= 0.6 is 11.3 Å². The van der Waals surface area contributed by atoms with E-state index in [4.69, 9.17) is 5.73 Å². The van der Waals surface area contributed by atoms with Crippen molar-refractivity contribution < 1.29 is 9.59 Å². The highest BCUT2D eigenvalue weighted by atomic mass is 32.1. The number of pyridine rings is 1. The average molecular weight is 380 g/mol. The Morgan fingerprint density at radius 1 is 1.11 bits per heavy atom. The Hall–Kier alpha value is -3.06. The lowest BCUT2D eigenvalue weighted by Gasteiger charge is -2.22. The van der Waals surface area contributed by atoms with E-state index in [1.807, 2.05) is 55.5 Å². The van der Waals surface area contributed by atoms with Crippen LogP contribution in [0.15, 0.2) is 54.7 Å². The van der Waals surface area contributed by atoms with Crippen LogP contribution < -0.4 is 5.73 Å². The lowest BCUT2D eigenvalue weighted by Crippen LogP contribution is -2.33. The summed E-state index contributed by atoms with van der Waals surface area (Å²) < 4.78 is 0. The maximum absolute atomic E-state index is 13.2. The molecular weight excluding hydrogens is 360 g/mol. The molecule has 0 aliphatic heterocycles. The minimum absolute atomic E-state index is 0.115. The first-order valence-electron chi connectivity index (χ1n) is 8.55. The van der Waals surface area contributed by atoms with Gasteiger partial charge in [0.05, 0.1) is 11.4 Å². The van der Waals surface area contributed by atoms with Crippen molar-refractivity contribution in [2.24, 2.45) is 5.73 Å². The molecular formula is C20H20N4O2S. The minimum Gasteiger partial charge on any atom is -0.370 e. The Balaban J connectivity index is 1.86. The highest BCUT2D eigenvalue weighted by molar-refractivity contribution is 7.17. The van der Waals surface area contributed by atoms with E-state index in [0.717, 1.165) is 11.3 Å². The van der Waals surface area contributed by atoms with Crippen molar-refractivity contribution >= 4 is 23.2 Å². The van der Waals surface area contributed by atoms with Gasteiger partial charge in [0.2, 0.25) is 5.91 Å². The number of aryl methyl sites for hydroxylation is 1. The van der Waals surface area contributed by atoms with Crippen LogP contribution in [-0.2, 0) is 11.3 Å². The van der Waals surface area contributed by atoms with Gasteiger partial charge in [-0.05, 0) is 24.6 Å². The molecule has 0 fully saturated rings. The van der Waals surface area contributed by atoms with E-state index in [1.165, 1.54) is 11.3 Å². The summed E-state index contributed by atoms with van der Waals surface area (Å²) in [4.78, 5) is 35.4. The minimum atomic E-state index is -0.434. The SMILES string of the molecule is Cc1nc(-c2ccccn2)sc1C(=O)N(CCC(N)=O)Cc1ccccc1. The number of primary amides is 1. The zero-order valence-corrected chi connectivity index (χ0v) is 15.8. The maximum Gasteiger partial charge on any atom is 0.266 e. The van der Waals surface area contributed by atoms with Gasteiger partial charge in [0, 0.05) is 25.7 Å². The van der Waals surface area contributed by atoms with Gasteiger partial charge in [-0.3, -0.25) is 14.6 Å². The Morgan fingerprint density at radius 2 is 1.85 bits per heavy atom. The summed E-state index contributed by atoms with van der Waals surface area (Å²) in [6, 6.07) is 15.2. The van der Waals surface area contributed by atoms with Gasteiger partial charge in [0.25, 0.3) is 5.91 Å². The molecule has 27 heavy (non-hydrogen) atoms. The van der Waals surface area contributed by atoms with E-state index >= 15 is 0 Å². The summed E-state index contributed by atoms with van der Waals surface area (Å²) in [5.74, 6) is -0.589. The maximum atomic E-state index is 13.2. The fourth-order valence-corrected chi connectivity index (χ4v) is 3.65. The van der Waals surface area contributed by atoms with Gasteiger partial charge in [0.1, 0.15) is 9.88 Å². The standard InChI is InChI=1S/C20H20N4O2S/c1-14-18(27-19(23-14)16-9-5-6-11-22-16)20(26)24(12-10-17(21)25)13-15-7-3-2-4-8-15/h2-9,11H,10,12-13H2,1H3,(H2,21,25). The van der Waals surface area contributed by atoms with Crippen molar-refractivity contribution in [3.63, 3.8) is 0 Å². The second-order valence-electron chi connectivity index (χ2n) is 6.08. The molecule has 2 aromatic heterocycles. The summed E-state index contributed by atoms with van der Waals surface area (Å²) in [5.41, 5.74) is 7.66. The molecule has 138 valence electrons. The van der Waals surface area contributed by atoms with E-state index < -0.39 is 5.91 Å². The molecule has 0 aliphatic carbocycles. The van der Waals surface area contributed by atoms with Crippen LogP contribution in [0.1, 0.15) is 27.3 Å². The third-order valence-corrected chi connectivity index (χ3v) is 5.17. The summed E-state index contributed by atoms with van der Waals surface area (Å²) >= 11 is 1.31. The fourth-order valence-electron chi connectivity index (χ4n) is 2.64. The van der Waals surface area contributed by atoms with Crippen LogP contribution in [0.2, 0.25) is 0 Å². The lowest BCUT2D eigenvalue weighted by molar-refractivity contribution is -0.118. The summed E-state index contributed by atoms with van der Waals surface area (Å²) in [6.45, 7) is 2.48. The van der Waals surface area contributed by atoms with Gasteiger partial charge < -0.3 is 10.6 Å². The van der Waals surface area contributed by atoms with Crippen molar-refractivity contribution in [1.82, 2.24) is 14.9 Å². The molecule has 6 nitrogen and oxygen atoms in total. The zero-order valence-electron chi connectivity index (χ0n) is 15.0. The van der Waals surface area contributed by atoms with Gasteiger partial charge in [-0.2, -0.15) is 0 Å². The molecule has 0 spiro atoms. The van der Waals surface area contributed by atoms with Crippen LogP contribution in [0.5, 0.6) is 0 Å². The smallest absolute Gasteiger partial charge is 0.266 e. The Morgan fingerprint density at radius 3 is 2.52 bits per heavy atom.